The lowest BCUT2D eigenvalue weighted by molar-refractivity contribution is 0.0105. The summed E-state index contributed by atoms with van der Waals surface area (Å²) in [7, 11) is 0. The zero-order valence-corrected chi connectivity index (χ0v) is 19.3. The van der Waals surface area contributed by atoms with Gasteiger partial charge in [0.15, 0.2) is 0 Å². The first kappa shape index (κ1) is 22.6. The second-order valence-corrected chi connectivity index (χ2v) is 8.94. The van der Waals surface area contributed by atoms with Gasteiger partial charge in [-0.3, -0.25) is 0 Å². The van der Waals surface area contributed by atoms with Gasteiger partial charge in [-0.2, -0.15) is 0 Å². The minimum Gasteiger partial charge on any atom is -0.488 e. The van der Waals surface area contributed by atoms with Crippen LogP contribution in [0.1, 0.15) is 34.6 Å². The van der Waals surface area contributed by atoms with E-state index in [1.807, 2.05) is 36.4 Å². The summed E-state index contributed by atoms with van der Waals surface area (Å²) < 4.78 is 12.8. The molecule has 2 atom stereocenters. The van der Waals surface area contributed by atoms with Gasteiger partial charge in [0.2, 0.25) is 0 Å². The van der Waals surface area contributed by atoms with Crippen molar-refractivity contribution in [2.75, 3.05) is 13.1 Å². The van der Waals surface area contributed by atoms with Gasteiger partial charge in [-0.15, -0.1) is 0 Å². The first-order valence-electron chi connectivity index (χ1n) is 12.0. The number of aliphatic hydroxyl groups excluding tert-OH is 1. The Morgan fingerprint density at radius 1 is 0.794 bits per heavy atom. The van der Waals surface area contributed by atoms with Crippen molar-refractivity contribution < 1.29 is 14.6 Å². The second-order valence-electron chi connectivity index (χ2n) is 8.94. The average molecular weight is 454 g/mol. The molecule has 4 nitrogen and oxygen atoms in total. The van der Waals surface area contributed by atoms with Crippen LogP contribution in [0.4, 0.5) is 0 Å². The number of benzene rings is 4. The van der Waals surface area contributed by atoms with Gasteiger partial charge in [-0.25, -0.2) is 0 Å². The fourth-order valence-corrected chi connectivity index (χ4v) is 4.78. The summed E-state index contributed by atoms with van der Waals surface area (Å²) in [4.78, 5) is 0. The summed E-state index contributed by atoms with van der Waals surface area (Å²) in [6.07, 6.45) is 1.09. The Morgan fingerprint density at radius 2 is 1.62 bits per heavy atom. The molecule has 0 saturated carbocycles. The van der Waals surface area contributed by atoms with Crippen LogP contribution in [0.25, 0.3) is 10.8 Å². The number of hydrogen-bond donors (Lipinski definition) is 2. The molecule has 4 aromatic rings. The SMILES string of the molecule is OCc1cccc(C2CCNCC2OCc2cc(OCc3ccccc3)c3ccccc3c2)c1. The second kappa shape index (κ2) is 10.8. The van der Waals surface area contributed by atoms with Crippen molar-refractivity contribution in [2.45, 2.75) is 38.3 Å². The Labute approximate surface area is 201 Å². The van der Waals surface area contributed by atoms with Crippen LogP contribution in [-0.4, -0.2) is 24.3 Å². The lowest BCUT2D eigenvalue weighted by Crippen LogP contribution is -2.41. The molecule has 0 radical (unpaired) electrons. The van der Waals surface area contributed by atoms with Crippen LogP contribution >= 0.6 is 0 Å². The summed E-state index contributed by atoms with van der Waals surface area (Å²) in [5, 5.41) is 15.3. The van der Waals surface area contributed by atoms with Gasteiger partial charge in [0.05, 0.1) is 19.3 Å². The van der Waals surface area contributed by atoms with Gasteiger partial charge >= 0.3 is 0 Å². The predicted molar refractivity (Wildman–Crippen MR) is 136 cm³/mol. The first-order chi connectivity index (χ1) is 16.8. The number of nitrogens with one attached hydrogen (secondary N) is 1. The Kier molecular flexibility index (Phi) is 7.20. The van der Waals surface area contributed by atoms with E-state index in [1.54, 1.807) is 0 Å². The maximum Gasteiger partial charge on any atom is 0.127 e. The van der Waals surface area contributed by atoms with E-state index in [0.29, 0.717) is 19.1 Å². The van der Waals surface area contributed by atoms with E-state index in [2.05, 4.69) is 59.9 Å². The Balaban J connectivity index is 1.34. The molecular formula is C30H31NO3. The Hall–Kier alpha value is -3.18. The van der Waals surface area contributed by atoms with Gasteiger partial charge in [-0.05, 0) is 52.7 Å². The van der Waals surface area contributed by atoms with Crippen molar-refractivity contribution in [3.05, 3.63) is 113 Å². The minimum atomic E-state index is 0.0627. The topological polar surface area (TPSA) is 50.7 Å². The van der Waals surface area contributed by atoms with Crippen LogP contribution in [0.2, 0.25) is 0 Å². The summed E-state index contributed by atoms with van der Waals surface area (Å²) in [5.41, 5.74) is 4.44. The van der Waals surface area contributed by atoms with E-state index in [0.717, 1.165) is 52.7 Å². The molecule has 0 amide bonds. The van der Waals surface area contributed by atoms with Crippen LogP contribution in [0.3, 0.4) is 0 Å². The highest BCUT2D eigenvalue weighted by Crippen LogP contribution is 2.32. The third-order valence-electron chi connectivity index (χ3n) is 6.57. The van der Waals surface area contributed by atoms with Gasteiger partial charge in [0.1, 0.15) is 12.4 Å². The quantitative estimate of drug-likeness (QED) is 0.366. The van der Waals surface area contributed by atoms with E-state index in [4.69, 9.17) is 9.47 Å². The molecule has 1 fully saturated rings. The van der Waals surface area contributed by atoms with E-state index in [1.165, 1.54) is 5.56 Å². The fourth-order valence-electron chi connectivity index (χ4n) is 4.78. The van der Waals surface area contributed by atoms with Crippen molar-refractivity contribution in [1.82, 2.24) is 5.32 Å². The van der Waals surface area contributed by atoms with Crippen molar-refractivity contribution in [2.24, 2.45) is 0 Å². The molecular weight excluding hydrogens is 422 g/mol. The van der Waals surface area contributed by atoms with Crippen molar-refractivity contribution in [3.8, 4) is 5.75 Å². The molecule has 0 aromatic heterocycles. The van der Waals surface area contributed by atoms with Gasteiger partial charge in [-0.1, -0.05) is 78.9 Å². The fraction of sp³-hybridized carbons (Fsp3) is 0.267. The van der Waals surface area contributed by atoms with E-state index in [9.17, 15) is 5.11 Å². The lowest BCUT2D eigenvalue weighted by Gasteiger charge is -2.33. The maximum atomic E-state index is 9.55. The molecule has 1 heterocycles. The molecule has 34 heavy (non-hydrogen) atoms. The van der Waals surface area contributed by atoms with Crippen LogP contribution < -0.4 is 10.1 Å². The summed E-state index contributed by atoms with van der Waals surface area (Å²) in [6, 6.07) is 31.1. The van der Waals surface area contributed by atoms with E-state index >= 15 is 0 Å². The van der Waals surface area contributed by atoms with E-state index < -0.39 is 0 Å². The third kappa shape index (κ3) is 5.31. The Morgan fingerprint density at radius 3 is 2.50 bits per heavy atom. The number of hydrogen-bond acceptors (Lipinski definition) is 4. The molecule has 1 saturated heterocycles. The molecule has 0 spiro atoms. The third-order valence-corrected chi connectivity index (χ3v) is 6.57. The lowest BCUT2D eigenvalue weighted by atomic mass is 9.87. The molecule has 1 aliphatic rings. The largest absolute Gasteiger partial charge is 0.488 e. The highest BCUT2D eigenvalue weighted by Gasteiger charge is 2.27. The zero-order chi connectivity index (χ0) is 23.2. The standard InChI is InChI=1S/C30H31NO3/c32-19-23-9-6-11-26(15-23)28-13-14-31-18-30(28)34-21-24-16-25-10-4-5-12-27(25)29(17-24)33-20-22-7-2-1-3-8-22/h1-12,15-17,28,30-32H,13-14,18-21H2. The number of rotatable bonds is 8. The number of aliphatic hydroxyl groups is 1. The summed E-state index contributed by atoms with van der Waals surface area (Å²) in [6.45, 7) is 2.91. The highest BCUT2D eigenvalue weighted by atomic mass is 16.5. The number of piperidine rings is 1. The first-order valence-corrected chi connectivity index (χ1v) is 12.0. The van der Waals surface area contributed by atoms with Crippen LogP contribution in [0.5, 0.6) is 5.75 Å². The Bertz CT molecular complexity index is 1220. The molecule has 2 unspecified atom stereocenters. The minimum absolute atomic E-state index is 0.0627. The highest BCUT2D eigenvalue weighted by molar-refractivity contribution is 5.89. The van der Waals surface area contributed by atoms with Crippen LogP contribution in [-0.2, 0) is 24.6 Å². The van der Waals surface area contributed by atoms with Gasteiger partial charge < -0.3 is 19.9 Å². The van der Waals surface area contributed by atoms with Gasteiger partial charge in [0.25, 0.3) is 0 Å². The number of fused-ring (bicyclic) bond motifs is 1. The molecule has 5 rings (SSSR count). The summed E-state index contributed by atoms with van der Waals surface area (Å²) in [5.74, 6) is 1.19. The number of ether oxygens (including phenoxy) is 2. The molecule has 174 valence electrons. The summed E-state index contributed by atoms with van der Waals surface area (Å²) >= 11 is 0. The normalized spacial score (nSPS) is 18.1. The van der Waals surface area contributed by atoms with Crippen LogP contribution in [0.15, 0.2) is 91.0 Å². The predicted octanol–water partition coefficient (Wildman–Crippen LogP) is 5.57. The van der Waals surface area contributed by atoms with Gasteiger partial charge in [0, 0.05) is 17.8 Å². The average Bonchev–Trinajstić information content (AvgIpc) is 2.91. The van der Waals surface area contributed by atoms with Crippen molar-refractivity contribution >= 4 is 10.8 Å². The molecule has 2 N–H and O–H groups in total. The molecule has 4 aromatic carbocycles. The van der Waals surface area contributed by atoms with Crippen molar-refractivity contribution in [3.63, 3.8) is 0 Å². The molecule has 0 bridgehead atoms. The molecule has 0 aliphatic carbocycles. The van der Waals surface area contributed by atoms with E-state index in [-0.39, 0.29) is 12.7 Å². The maximum absolute atomic E-state index is 9.55. The van der Waals surface area contributed by atoms with Crippen molar-refractivity contribution in [1.29, 1.82) is 0 Å². The monoisotopic (exact) mass is 453 g/mol. The smallest absolute Gasteiger partial charge is 0.127 e. The molecule has 4 heteroatoms. The molecule has 1 aliphatic heterocycles. The zero-order valence-electron chi connectivity index (χ0n) is 19.3. The van der Waals surface area contributed by atoms with Crippen LogP contribution in [0, 0.1) is 0 Å².